The molecule has 1 fully saturated rings. The molecule has 0 unspecified atom stereocenters. The highest BCUT2D eigenvalue weighted by atomic mass is 32.2. The molecule has 3 aromatic rings. The Labute approximate surface area is 238 Å². The molecule has 0 radical (unpaired) electrons. The third-order valence-corrected chi connectivity index (χ3v) is 8.60. The molecule has 2 amide bonds. The first-order valence-corrected chi connectivity index (χ1v) is 15.7. The van der Waals surface area contributed by atoms with Gasteiger partial charge in [-0.25, -0.2) is 8.42 Å². The van der Waals surface area contributed by atoms with Crippen molar-refractivity contribution >= 4 is 27.5 Å². The number of aryl methyl sites for hydroxylation is 2. The summed E-state index contributed by atoms with van der Waals surface area (Å²) in [5.74, 6) is -0.644. The average molecular weight is 562 g/mol. The zero-order valence-electron chi connectivity index (χ0n) is 23.5. The molecule has 4 rings (SSSR count). The molecule has 1 aliphatic carbocycles. The molecule has 0 saturated heterocycles. The van der Waals surface area contributed by atoms with E-state index in [1.807, 2.05) is 86.6 Å². The molecule has 8 heteroatoms. The van der Waals surface area contributed by atoms with Gasteiger partial charge >= 0.3 is 0 Å². The summed E-state index contributed by atoms with van der Waals surface area (Å²) in [5, 5.41) is 3.19. The molecule has 3 aromatic carbocycles. The Balaban J connectivity index is 1.72. The second kappa shape index (κ2) is 13.1. The van der Waals surface area contributed by atoms with Crippen molar-refractivity contribution in [2.45, 2.75) is 64.6 Å². The summed E-state index contributed by atoms with van der Waals surface area (Å²) < 4.78 is 27.1. The van der Waals surface area contributed by atoms with Gasteiger partial charge in [0.2, 0.25) is 21.8 Å². The summed E-state index contributed by atoms with van der Waals surface area (Å²) >= 11 is 0. The van der Waals surface area contributed by atoms with E-state index in [0.29, 0.717) is 12.1 Å². The van der Waals surface area contributed by atoms with E-state index in [9.17, 15) is 18.0 Å². The van der Waals surface area contributed by atoms with E-state index in [1.54, 1.807) is 11.0 Å². The van der Waals surface area contributed by atoms with Crippen LogP contribution in [0.3, 0.4) is 0 Å². The number of hydrogen-bond donors (Lipinski definition) is 1. The monoisotopic (exact) mass is 561 g/mol. The minimum atomic E-state index is -3.79. The van der Waals surface area contributed by atoms with Gasteiger partial charge in [-0.2, -0.15) is 0 Å². The van der Waals surface area contributed by atoms with E-state index in [2.05, 4.69) is 5.32 Å². The van der Waals surface area contributed by atoms with Gasteiger partial charge in [-0.3, -0.25) is 13.9 Å². The number of carbonyl (C=O) groups excluding carboxylic acids is 2. The summed E-state index contributed by atoms with van der Waals surface area (Å²) in [6.07, 6.45) is 5.41. The van der Waals surface area contributed by atoms with E-state index in [1.165, 1.54) is 0 Å². The molecule has 0 heterocycles. The van der Waals surface area contributed by atoms with Crippen LogP contribution in [0.5, 0.6) is 0 Å². The molecule has 1 saturated carbocycles. The van der Waals surface area contributed by atoms with E-state index in [-0.39, 0.29) is 18.5 Å². The maximum absolute atomic E-state index is 14.2. The minimum Gasteiger partial charge on any atom is -0.352 e. The first kappa shape index (κ1) is 29.3. The minimum absolute atomic E-state index is 0.0853. The number of nitrogens with one attached hydrogen (secondary N) is 1. The van der Waals surface area contributed by atoms with E-state index in [0.717, 1.165) is 58.5 Å². The summed E-state index contributed by atoms with van der Waals surface area (Å²) in [5.41, 5.74) is 4.00. The molecule has 212 valence electrons. The van der Waals surface area contributed by atoms with Crippen LogP contribution in [0.1, 0.15) is 47.9 Å². The Bertz CT molecular complexity index is 1400. The maximum atomic E-state index is 14.2. The van der Waals surface area contributed by atoms with Gasteiger partial charge in [-0.15, -0.1) is 0 Å². The Morgan fingerprint density at radius 2 is 1.50 bits per heavy atom. The highest BCUT2D eigenvalue weighted by molar-refractivity contribution is 7.92. The quantitative estimate of drug-likeness (QED) is 0.366. The fourth-order valence-electron chi connectivity index (χ4n) is 5.38. The normalized spacial score (nSPS) is 14.5. The summed E-state index contributed by atoms with van der Waals surface area (Å²) in [4.78, 5) is 29.6. The lowest BCUT2D eigenvalue weighted by Crippen LogP contribution is -2.54. The van der Waals surface area contributed by atoms with Gasteiger partial charge < -0.3 is 10.2 Å². The maximum Gasteiger partial charge on any atom is 0.244 e. The molecule has 1 aliphatic rings. The number of hydrogen-bond acceptors (Lipinski definition) is 4. The Hall–Kier alpha value is -3.65. The van der Waals surface area contributed by atoms with Gasteiger partial charge in [0.05, 0.1) is 11.9 Å². The van der Waals surface area contributed by atoms with E-state index < -0.39 is 28.5 Å². The molecule has 1 atom stereocenters. The molecule has 0 aromatic heterocycles. The van der Waals surface area contributed by atoms with Gasteiger partial charge in [-0.1, -0.05) is 91.2 Å². The number of anilines is 1. The number of amides is 2. The molecule has 40 heavy (non-hydrogen) atoms. The zero-order valence-corrected chi connectivity index (χ0v) is 24.4. The van der Waals surface area contributed by atoms with Crippen molar-refractivity contribution in [2.24, 2.45) is 0 Å². The zero-order chi connectivity index (χ0) is 28.7. The third kappa shape index (κ3) is 7.72. The van der Waals surface area contributed by atoms with Crippen molar-refractivity contribution in [3.8, 4) is 0 Å². The van der Waals surface area contributed by atoms with Gasteiger partial charge in [0, 0.05) is 19.0 Å². The number of sulfonamides is 1. The molecule has 1 N–H and O–H groups in total. The lowest BCUT2D eigenvalue weighted by atomic mass is 10.0. The van der Waals surface area contributed by atoms with Crippen molar-refractivity contribution in [1.29, 1.82) is 0 Å². The summed E-state index contributed by atoms with van der Waals surface area (Å²) in [6.45, 7) is 3.54. The van der Waals surface area contributed by atoms with Crippen molar-refractivity contribution in [3.63, 3.8) is 0 Å². The van der Waals surface area contributed by atoms with E-state index in [4.69, 9.17) is 0 Å². The fourth-order valence-corrected chi connectivity index (χ4v) is 6.29. The predicted molar refractivity (Wildman–Crippen MR) is 159 cm³/mol. The van der Waals surface area contributed by atoms with Gasteiger partial charge in [-0.05, 0) is 49.4 Å². The standard InChI is InChI=1S/C32H39N3O4S/c1-24-18-19-29(25(2)20-24)35(40(3,38)39)23-31(36)34(22-27-14-8-5-9-15-27)30(21-26-12-6-4-7-13-26)32(37)33-28-16-10-11-17-28/h4-9,12-15,18-20,28,30H,10-11,16-17,21-23H2,1-3H3,(H,33,37)/t30-/m1/s1. The lowest BCUT2D eigenvalue weighted by molar-refractivity contribution is -0.140. The van der Waals surface area contributed by atoms with Gasteiger partial charge in [0.15, 0.2) is 0 Å². The number of benzene rings is 3. The Morgan fingerprint density at radius 3 is 2.08 bits per heavy atom. The van der Waals surface area contributed by atoms with Crippen molar-refractivity contribution in [1.82, 2.24) is 10.2 Å². The van der Waals surface area contributed by atoms with Crippen molar-refractivity contribution < 1.29 is 18.0 Å². The first-order valence-electron chi connectivity index (χ1n) is 13.8. The van der Waals surface area contributed by atoms with Crippen LogP contribution in [0.15, 0.2) is 78.9 Å². The Kier molecular flexibility index (Phi) is 9.63. The SMILES string of the molecule is Cc1ccc(N(CC(=O)N(Cc2ccccc2)[C@H](Cc2ccccc2)C(=O)NC2CCCC2)S(C)(=O)=O)c(C)c1. The van der Waals surface area contributed by atoms with Crippen LogP contribution in [-0.4, -0.2) is 50.0 Å². The number of nitrogens with zero attached hydrogens (tertiary/aromatic N) is 2. The van der Waals surface area contributed by atoms with Crippen LogP contribution in [0.4, 0.5) is 5.69 Å². The van der Waals surface area contributed by atoms with Crippen molar-refractivity contribution in [2.75, 3.05) is 17.1 Å². The van der Waals surface area contributed by atoms with Crippen molar-refractivity contribution in [3.05, 3.63) is 101 Å². The summed E-state index contributed by atoms with van der Waals surface area (Å²) in [6, 6.07) is 23.9. The average Bonchev–Trinajstić information content (AvgIpc) is 3.43. The first-order chi connectivity index (χ1) is 19.1. The Morgan fingerprint density at radius 1 is 0.900 bits per heavy atom. The number of carbonyl (C=O) groups is 2. The van der Waals surface area contributed by atoms with Gasteiger partial charge in [0.25, 0.3) is 0 Å². The second-order valence-electron chi connectivity index (χ2n) is 10.8. The van der Waals surface area contributed by atoms with Crippen LogP contribution in [0.25, 0.3) is 0 Å². The highest BCUT2D eigenvalue weighted by Crippen LogP contribution is 2.25. The second-order valence-corrected chi connectivity index (χ2v) is 12.7. The van der Waals surface area contributed by atoms with Crippen LogP contribution in [0.2, 0.25) is 0 Å². The fraction of sp³-hybridized carbons (Fsp3) is 0.375. The highest BCUT2D eigenvalue weighted by Gasteiger charge is 2.34. The molecular formula is C32H39N3O4S. The van der Waals surface area contributed by atoms with Crippen LogP contribution < -0.4 is 9.62 Å². The van der Waals surface area contributed by atoms with E-state index >= 15 is 0 Å². The predicted octanol–water partition coefficient (Wildman–Crippen LogP) is 4.77. The lowest BCUT2D eigenvalue weighted by Gasteiger charge is -2.34. The van der Waals surface area contributed by atoms with Crippen LogP contribution >= 0.6 is 0 Å². The third-order valence-electron chi connectivity index (χ3n) is 7.47. The molecular weight excluding hydrogens is 522 g/mol. The summed E-state index contributed by atoms with van der Waals surface area (Å²) in [7, 11) is -3.79. The van der Waals surface area contributed by atoms with Gasteiger partial charge in [0.1, 0.15) is 12.6 Å². The van der Waals surface area contributed by atoms with Crippen LogP contribution in [0, 0.1) is 13.8 Å². The molecule has 0 bridgehead atoms. The topological polar surface area (TPSA) is 86.8 Å². The van der Waals surface area contributed by atoms with Crippen LogP contribution in [-0.2, 0) is 32.6 Å². The largest absolute Gasteiger partial charge is 0.352 e. The molecule has 7 nitrogen and oxygen atoms in total. The smallest absolute Gasteiger partial charge is 0.244 e. The molecule has 0 aliphatic heterocycles. The molecule has 0 spiro atoms. The number of rotatable bonds is 11.